The van der Waals surface area contributed by atoms with Crippen molar-refractivity contribution in [3.63, 3.8) is 0 Å². The van der Waals surface area contributed by atoms with E-state index >= 15 is 0 Å². The highest BCUT2D eigenvalue weighted by Gasteiger charge is 2.44. The van der Waals surface area contributed by atoms with Gasteiger partial charge in [-0.2, -0.15) is 15.1 Å². The molecule has 0 saturated carbocycles. The van der Waals surface area contributed by atoms with E-state index in [-0.39, 0.29) is 22.9 Å². The second kappa shape index (κ2) is 9.12. The van der Waals surface area contributed by atoms with Crippen LogP contribution >= 0.6 is 15.9 Å². The number of nitrogen functional groups attached to an aromatic ring is 1. The Morgan fingerprint density at radius 2 is 1.94 bits per heavy atom. The fourth-order valence-electron chi connectivity index (χ4n) is 3.63. The van der Waals surface area contributed by atoms with Crippen LogP contribution < -0.4 is 11.2 Å². The summed E-state index contributed by atoms with van der Waals surface area (Å²) in [5.41, 5.74) is 10.2. The molecule has 3 aromatic heterocycles. The standard InChI is InChI=1S/C21H20BrN7O5/c22-11-3-1-10(2-4-11)13-6-5-12(33-13)7-25-28-21-26-18(23)15-19(27-21)29(9-24-15)20-17(32)16(31)14(8-30)34-20/h1-7,9,14,16-17,20,30-32H,8H2,(H3,23,26,27,28)/b25-7+/t14-,16-,17-,20-/m1/s1. The first-order valence-electron chi connectivity index (χ1n) is 10.2. The number of rotatable bonds is 6. The molecule has 0 spiro atoms. The van der Waals surface area contributed by atoms with Gasteiger partial charge in [-0.1, -0.05) is 28.1 Å². The number of anilines is 2. The van der Waals surface area contributed by atoms with Crippen molar-refractivity contribution in [2.24, 2.45) is 5.10 Å². The van der Waals surface area contributed by atoms with E-state index in [1.54, 1.807) is 6.07 Å². The maximum absolute atomic E-state index is 10.3. The third kappa shape index (κ3) is 4.15. The molecule has 0 aliphatic carbocycles. The molecule has 1 aromatic carbocycles. The van der Waals surface area contributed by atoms with E-state index < -0.39 is 31.1 Å². The number of nitrogens with zero attached hydrogens (tertiary/aromatic N) is 5. The minimum Gasteiger partial charge on any atom is -0.455 e. The molecule has 4 aromatic rings. The number of furan rings is 1. The summed E-state index contributed by atoms with van der Waals surface area (Å²) in [5, 5.41) is 33.8. The quantitative estimate of drug-likeness (QED) is 0.181. The molecule has 0 radical (unpaired) electrons. The van der Waals surface area contributed by atoms with Crippen molar-refractivity contribution < 1.29 is 24.5 Å². The number of hydrogen-bond donors (Lipinski definition) is 5. The summed E-state index contributed by atoms with van der Waals surface area (Å²) >= 11 is 3.41. The van der Waals surface area contributed by atoms with Crippen molar-refractivity contribution in [3.8, 4) is 11.3 Å². The Balaban J connectivity index is 1.35. The predicted octanol–water partition coefficient (Wildman–Crippen LogP) is 1.49. The second-order valence-corrected chi connectivity index (χ2v) is 8.48. The lowest BCUT2D eigenvalue weighted by atomic mass is 10.1. The van der Waals surface area contributed by atoms with Gasteiger partial charge in [0, 0.05) is 10.0 Å². The Hall–Kier alpha value is -3.36. The van der Waals surface area contributed by atoms with E-state index in [0.717, 1.165) is 10.0 Å². The highest BCUT2D eigenvalue weighted by molar-refractivity contribution is 9.10. The molecule has 4 heterocycles. The van der Waals surface area contributed by atoms with Crippen molar-refractivity contribution in [1.82, 2.24) is 19.5 Å². The van der Waals surface area contributed by atoms with Crippen molar-refractivity contribution >= 4 is 45.1 Å². The number of nitrogens with two attached hydrogens (primary N) is 1. The smallest absolute Gasteiger partial charge is 0.247 e. The highest BCUT2D eigenvalue weighted by Crippen LogP contribution is 2.32. The van der Waals surface area contributed by atoms with Crippen molar-refractivity contribution in [1.29, 1.82) is 0 Å². The first-order valence-corrected chi connectivity index (χ1v) is 11.0. The highest BCUT2D eigenvalue weighted by atomic mass is 79.9. The molecule has 5 rings (SSSR count). The number of benzene rings is 1. The fourth-order valence-corrected chi connectivity index (χ4v) is 3.89. The summed E-state index contributed by atoms with van der Waals surface area (Å²) < 4.78 is 13.7. The number of nitrogens with one attached hydrogen (secondary N) is 1. The molecule has 6 N–H and O–H groups in total. The fraction of sp³-hybridized carbons (Fsp3) is 0.238. The molecule has 0 unspecified atom stereocenters. The van der Waals surface area contributed by atoms with E-state index in [1.807, 2.05) is 30.3 Å². The van der Waals surface area contributed by atoms with Crippen LogP contribution in [0.1, 0.15) is 12.0 Å². The molecule has 1 saturated heterocycles. The van der Waals surface area contributed by atoms with E-state index in [2.05, 4.69) is 41.4 Å². The minimum atomic E-state index is -1.29. The van der Waals surface area contributed by atoms with Gasteiger partial charge in [0.15, 0.2) is 17.7 Å². The molecule has 1 aliphatic heterocycles. The van der Waals surface area contributed by atoms with Crippen LogP contribution in [0.3, 0.4) is 0 Å². The van der Waals surface area contributed by atoms with Gasteiger partial charge in [0.2, 0.25) is 5.95 Å². The normalized spacial score (nSPS) is 22.7. The maximum atomic E-state index is 10.3. The zero-order valence-electron chi connectivity index (χ0n) is 17.5. The van der Waals surface area contributed by atoms with Gasteiger partial charge in [0.05, 0.1) is 19.1 Å². The van der Waals surface area contributed by atoms with Crippen molar-refractivity contribution in [2.45, 2.75) is 24.5 Å². The average Bonchev–Trinajstić information content (AvgIpc) is 3.53. The third-order valence-electron chi connectivity index (χ3n) is 5.35. The number of imidazole rings is 1. The van der Waals surface area contributed by atoms with E-state index in [4.69, 9.17) is 14.9 Å². The van der Waals surface area contributed by atoms with Gasteiger partial charge in [-0.05, 0) is 24.3 Å². The van der Waals surface area contributed by atoms with Gasteiger partial charge in [-0.3, -0.25) is 4.57 Å². The lowest BCUT2D eigenvalue weighted by Crippen LogP contribution is -2.33. The van der Waals surface area contributed by atoms with Gasteiger partial charge in [-0.25, -0.2) is 10.4 Å². The Labute approximate surface area is 200 Å². The Kier molecular flexibility index (Phi) is 6.02. The largest absolute Gasteiger partial charge is 0.455 e. The number of hydrogen-bond acceptors (Lipinski definition) is 11. The van der Waals surface area contributed by atoms with Crippen LogP contribution in [0.2, 0.25) is 0 Å². The Morgan fingerprint density at radius 3 is 2.68 bits per heavy atom. The molecule has 0 bridgehead atoms. The molecular weight excluding hydrogens is 510 g/mol. The number of hydrazone groups is 1. The summed E-state index contributed by atoms with van der Waals surface area (Å²) in [7, 11) is 0. The molecule has 1 fully saturated rings. The zero-order chi connectivity index (χ0) is 23.8. The summed E-state index contributed by atoms with van der Waals surface area (Å²) in [6.07, 6.45) is -1.66. The number of fused-ring (bicyclic) bond motifs is 1. The number of ether oxygens (including phenoxy) is 1. The SMILES string of the molecule is Nc1nc(N/N=C/c2ccc(-c3ccc(Br)cc3)o2)nc2c1ncn2[C@@H]1O[C@H](CO)[C@@H](O)[C@H]1O. The molecule has 1 aliphatic rings. The average molecular weight is 530 g/mol. The number of aliphatic hydroxyl groups excluding tert-OH is 3. The van der Waals surface area contributed by atoms with Gasteiger partial charge in [-0.15, -0.1) is 0 Å². The van der Waals surface area contributed by atoms with Gasteiger partial charge < -0.3 is 30.2 Å². The van der Waals surface area contributed by atoms with Crippen LogP contribution in [-0.2, 0) is 4.74 Å². The van der Waals surface area contributed by atoms with Crippen molar-refractivity contribution in [3.05, 3.63) is 53.0 Å². The third-order valence-corrected chi connectivity index (χ3v) is 5.88. The van der Waals surface area contributed by atoms with Crippen LogP contribution in [0.25, 0.3) is 22.5 Å². The molecule has 4 atom stereocenters. The summed E-state index contributed by atoms with van der Waals surface area (Å²) in [6.45, 7) is -0.448. The molecule has 0 amide bonds. The molecule has 12 nitrogen and oxygen atoms in total. The van der Waals surface area contributed by atoms with Crippen LogP contribution in [-0.4, -0.2) is 66.0 Å². The molecule has 176 valence electrons. The van der Waals surface area contributed by atoms with Crippen LogP contribution in [0, 0.1) is 0 Å². The molecule has 34 heavy (non-hydrogen) atoms. The van der Waals surface area contributed by atoms with Gasteiger partial charge >= 0.3 is 0 Å². The minimum absolute atomic E-state index is 0.0782. The van der Waals surface area contributed by atoms with Crippen LogP contribution in [0.4, 0.5) is 11.8 Å². The summed E-state index contributed by atoms with van der Waals surface area (Å²) in [4.78, 5) is 12.7. The summed E-state index contributed by atoms with van der Waals surface area (Å²) in [6, 6.07) is 11.3. The Morgan fingerprint density at radius 1 is 1.15 bits per heavy atom. The maximum Gasteiger partial charge on any atom is 0.247 e. The van der Waals surface area contributed by atoms with Crippen LogP contribution in [0.15, 0.2) is 56.7 Å². The second-order valence-electron chi connectivity index (χ2n) is 7.56. The lowest BCUT2D eigenvalue weighted by molar-refractivity contribution is -0.0511. The van der Waals surface area contributed by atoms with Gasteiger partial charge in [0.25, 0.3) is 0 Å². The first kappa shape index (κ1) is 22.4. The number of aromatic nitrogens is 4. The van der Waals surface area contributed by atoms with E-state index in [0.29, 0.717) is 11.5 Å². The van der Waals surface area contributed by atoms with Crippen molar-refractivity contribution in [2.75, 3.05) is 17.8 Å². The lowest BCUT2D eigenvalue weighted by Gasteiger charge is -2.16. The summed E-state index contributed by atoms with van der Waals surface area (Å²) in [5.74, 6) is 1.37. The number of halogens is 1. The molecule has 13 heteroatoms. The first-order chi connectivity index (χ1) is 16.4. The van der Waals surface area contributed by atoms with E-state index in [9.17, 15) is 15.3 Å². The monoisotopic (exact) mass is 529 g/mol. The van der Waals surface area contributed by atoms with Crippen LogP contribution in [0.5, 0.6) is 0 Å². The topological polar surface area (TPSA) is 177 Å². The zero-order valence-corrected chi connectivity index (χ0v) is 19.1. The van der Waals surface area contributed by atoms with Gasteiger partial charge in [0.1, 0.15) is 35.3 Å². The molecular formula is C21H20BrN7O5. The number of aliphatic hydroxyl groups is 3. The Bertz CT molecular complexity index is 1340. The van der Waals surface area contributed by atoms with E-state index in [1.165, 1.54) is 17.1 Å². The predicted molar refractivity (Wildman–Crippen MR) is 126 cm³/mol.